The van der Waals surface area contributed by atoms with Crippen molar-refractivity contribution in [1.82, 2.24) is 4.57 Å². The molecular weight excluding hydrogens is 285 g/mol. The molecule has 106 valence electrons. The van der Waals surface area contributed by atoms with E-state index in [4.69, 9.17) is 0 Å². The smallest absolute Gasteiger partial charge is 0.294 e. The highest BCUT2D eigenvalue weighted by Gasteiger charge is 2.11. The molecule has 0 aliphatic carbocycles. The first-order valence-corrected chi connectivity index (χ1v) is 7.52. The van der Waals surface area contributed by atoms with Gasteiger partial charge in [0.25, 0.3) is 0 Å². The molecule has 0 aliphatic rings. The van der Waals surface area contributed by atoms with Crippen molar-refractivity contribution in [3.8, 4) is 11.3 Å². The summed E-state index contributed by atoms with van der Waals surface area (Å²) in [5.74, 6) is -0.268. The van der Waals surface area contributed by atoms with Crippen LogP contribution in [0.2, 0.25) is 0 Å². The molecule has 0 unspecified atom stereocenters. The summed E-state index contributed by atoms with van der Waals surface area (Å²) in [5, 5.41) is 1.88. The summed E-state index contributed by atoms with van der Waals surface area (Å²) in [6, 6.07) is 14.2. The molecule has 0 atom stereocenters. The number of benzene rings is 2. The molecule has 0 spiro atoms. The highest BCUT2D eigenvalue weighted by molar-refractivity contribution is 7.07. The lowest BCUT2D eigenvalue weighted by Gasteiger charge is -2.10. The van der Waals surface area contributed by atoms with Gasteiger partial charge in [0.15, 0.2) is 0 Å². The largest absolute Gasteiger partial charge is 0.307 e. The summed E-state index contributed by atoms with van der Waals surface area (Å²) in [5.41, 5.74) is 4.00. The summed E-state index contributed by atoms with van der Waals surface area (Å²) in [6.45, 7) is 2.48. The van der Waals surface area contributed by atoms with E-state index in [1.54, 1.807) is 16.7 Å². The SMILES string of the molecule is Cc1ccccc1-c1csc(=O)n1Cc1ccc(F)cc1. The Labute approximate surface area is 126 Å². The monoisotopic (exact) mass is 299 g/mol. The van der Waals surface area contributed by atoms with Crippen LogP contribution in [-0.4, -0.2) is 4.57 Å². The van der Waals surface area contributed by atoms with Crippen molar-refractivity contribution in [2.24, 2.45) is 0 Å². The van der Waals surface area contributed by atoms with Crippen LogP contribution in [0, 0.1) is 12.7 Å². The van der Waals surface area contributed by atoms with Crippen LogP contribution >= 0.6 is 11.3 Å². The van der Waals surface area contributed by atoms with Crippen LogP contribution in [0.3, 0.4) is 0 Å². The van der Waals surface area contributed by atoms with Crippen LogP contribution in [-0.2, 0) is 6.54 Å². The van der Waals surface area contributed by atoms with Gasteiger partial charge in [-0.05, 0) is 30.2 Å². The second-order valence-electron chi connectivity index (χ2n) is 4.91. The van der Waals surface area contributed by atoms with E-state index in [0.717, 1.165) is 22.4 Å². The van der Waals surface area contributed by atoms with Gasteiger partial charge in [-0.15, -0.1) is 0 Å². The number of thiazole rings is 1. The fourth-order valence-electron chi connectivity index (χ4n) is 2.32. The highest BCUT2D eigenvalue weighted by Crippen LogP contribution is 2.24. The van der Waals surface area contributed by atoms with Gasteiger partial charge in [0, 0.05) is 10.9 Å². The van der Waals surface area contributed by atoms with Gasteiger partial charge in [0.05, 0.1) is 12.2 Å². The number of aromatic nitrogens is 1. The molecule has 1 aromatic heterocycles. The first kappa shape index (κ1) is 13.8. The normalized spacial score (nSPS) is 10.8. The van der Waals surface area contributed by atoms with Crippen LogP contribution in [0.25, 0.3) is 11.3 Å². The zero-order chi connectivity index (χ0) is 14.8. The number of rotatable bonds is 3. The summed E-state index contributed by atoms with van der Waals surface area (Å²) < 4.78 is 14.7. The Morgan fingerprint density at radius 1 is 1.10 bits per heavy atom. The minimum absolute atomic E-state index is 0.00224. The Kier molecular flexibility index (Phi) is 3.71. The second kappa shape index (κ2) is 5.66. The average Bonchev–Trinajstić information content (AvgIpc) is 2.83. The van der Waals surface area contributed by atoms with Gasteiger partial charge >= 0.3 is 4.87 Å². The molecule has 3 rings (SSSR count). The van der Waals surface area contributed by atoms with Gasteiger partial charge in [-0.2, -0.15) is 0 Å². The number of hydrogen-bond donors (Lipinski definition) is 0. The maximum absolute atomic E-state index is 13.0. The van der Waals surface area contributed by atoms with Gasteiger partial charge in [-0.25, -0.2) is 4.39 Å². The Bertz CT molecular complexity index is 817. The van der Waals surface area contributed by atoms with Crippen LogP contribution in [0.1, 0.15) is 11.1 Å². The number of nitrogens with zero attached hydrogens (tertiary/aromatic N) is 1. The maximum Gasteiger partial charge on any atom is 0.307 e. The minimum Gasteiger partial charge on any atom is -0.294 e. The molecule has 0 radical (unpaired) electrons. The van der Waals surface area contributed by atoms with Gasteiger partial charge in [0.2, 0.25) is 0 Å². The summed E-state index contributed by atoms with van der Waals surface area (Å²) in [7, 11) is 0. The summed E-state index contributed by atoms with van der Waals surface area (Å²) >= 11 is 1.19. The molecular formula is C17H14FNOS. The topological polar surface area (TPSA) is 22.0 Å². The lowest BCUT2D eigenvalue weighted by molar-refractivity contribution is 0.626. The Morgan fingerprint density at radius 3 is 2.52 bits per heavy atom. The fraction of sp³-hybridized carbons (Fsp3) is 0.118. The highest BCUT2D eigenvalue weighted by atomic mass is 32.1. The van der Waals surface area contributed by atoms with Crippen LogP contribution in [0.15, 0.2) is 58.7 Å². The molecule has 4 heteroatoms. The quantitative estimate of drug-likeness (QED) is 0.714. The van der Waals surface area contributed by atoms with E-state index in [-0.39, 0.29) is 10.7 Å². The third-order valence-electron chi connectivity index (χ3n) is 3.46. The van der Waals surface area contributed by atoms with E-state index in [9.17, 15) is 9.18 Å². The maximum atomic E-state index is 13.0. The van der Waals surface area contributed by atoms with Gasteiger partial charge in [-0.3, -0.25) is 9.36 Å². The molecule has 2 aromatic carbocycles. The van der Waals surface area contributed by atoms with Crippen molar-refractivity contribution < 1.29 is 4.39 Å². The molecule has 0 bridgehead atoms. The molecule has 1 heterocycles. The summed E-state index contributed by atoms with van der Waals surface area (Å²) in [6.07, 6.45) is 0. The van der Waals surface area contributed by atoms with Crippen molar-refractivity contribution in [2.75, 3.05) is 0 Å². The minimum atomic E-state index is -0.268. The van der Waals surface area contributed by atoms with Crippen molar-refractivity contribution in [1.29, 1.82) is 0 Å². The molecule has 0 saturated carbocycles. The molecule has 0 fully saturated rings. The standard InChI is InChI=1S/C17H14FNOS/c1-12-4-2-3-5-15(12)16-11-21-17(20)19(16)10-13-6-8-14(18)9-7-13/h2-9,11H,10H2,1H3. The molecule has 2 nitrogen and oxygen atoms in total. The Hall–Kier alpha value is -2.20. The van der Waals surface area contributed by atoms with Crippen LogP contribution in [0.4, 0.5) is 4.39 Å². The number of halogens is 1. The zero-order valence-electron chi connectivity index (χ0n) is 11.5. The van der Waals surface area contributed by atoms with E-state index in [1.165, 1.54) is 23.5 Å². The van der Waals surface area contributed by atoms with Gasteiger partial charge in [-0.1, -0.05) is 47.7 Å². The molecule has 0 aliphatic heterocycles. The van der Waals surface area contributed by atoms with Gasteiger partial charge in [0.1, 0.15) is 5.82 Å². The molecule has 0 N–H and O–H groups in total. The lowest BCUT2D eigenvalue weighted by atomic mass is 10.1. The van der Waals surface area contributed by atoms with E-state index in [1.807, 2.05) is 36.6 Å². The van der Waals surface area contributed by atoms with Crippen LogP contribution in [0.5, 0.6) is 0 Å². The predicted octanol–water partition coefficient (Wildman–Crippen LogP) is 4.07. The van der Waals surface area contributed by atoms with E-state index >= 15 is 0 Å². The number of hydrogen-bond acceptors (Lipinski definition) is 2. The average molecular weight is 299 g/mol. The van der Waals surface area contributed by atoms with Crippen molar-refractivity contribution in [2.45, 2.75) is 13.5 Å². The third-order valence-corrected chi connectivity index (χ3v) is 4.22. The first-order valence-electron chi connectivity index (χ1n) is 6.64. The predicted molar refractivity (Wildman–Crippen MR) is 84.3 cm³/mol. The molecule has 0 saturated heterocycles. The van der Waals surface area contributed by atoms with E-state index in [2.05, 4.69) is 0 Å². The van der Waals surface area contributed by atoms with E-state index in [0.29, 0.717) is 6.54 Å². The first-order chi connectivity index (χ1) is 10.1. The number of aryl methyl sites for hydroxylation is 1. The van der Waals surface area contributed by atoms with Crippen LogP contribution < -0.4 is 4.87 Å². The van der Waals surface area contributed by atoms with Crippen molar-refractivity contribution >= 4 is 11.3 Å². The Morgan fingerprint density at radius 2 is 1.81 bits per heavy atom. The third kappa shape index (κ3) is 2.81. The van der Waals surface area contributed by atoms with Crippen molar-refractivity contribution in [3.63, 3.8) is 0 Å². The van der Waals surface area contributed by atoms with E-state index < -0.39 is 0 Å². The fourth-order valence-corrected chi connectivity index (χ4v) is 3.08. The van der Waals surface area contributed by atoms with Gasteiger partial charge < -0.3 is 0 Å². The molecule has 0 amide bonds. The molecule has 21 heavy (non-hydrogen) atoms. The van der Waals surface area contributed by atoms with Crippen molar-refractivity contribution in [3.05, 3.63) is 80.5 Å². The summed E-state index contributed by atoms with van der Waals surface area (Å²) in [4.78, 5) is 12.1. The lowest BCUT2D eigenvalue weighted by Crippen LogP contribution is -2.15. The zero-order valence-corrected chi connectivity index (χ0v) is 12.4. The second-order valence-corrected chi connectivity index (χ2v) is 5.74. The molecule has 3 aromatic rings. The Balaban J connectivity index is 2.04.